The number of nitrogens with two attached hydrogens (primary N) is 1. The number of ketones is 1. The summed E-state index contributed by atoms with van der Waals surface area (Å²) >= 11 is 0. The molecular weight excluding hydrogens is 489 g/mol. The third-order valence-corrected chi connectivity index (χ3v) is 5.62. The summed E-state index contributed by atoms with van der Waals surface area (Å²) in [5.74, 6) is -0.873. The number of pyridine rings is 1. The second kappa shape index (κ2) is 10.9. The van der Waals surface area contributed by atoms with E-state index in [1.807, 2.05) is 37.3 Å². The molecule has 2 aromatic heterocycles. The Morgan fingerprint density at radius 3 is 2.66 bits per heavy atom. The lowest BCUT2D eigenvalue weighted by Crippen LogP contribution is -2.25. The van der Waals surface area contributed by atoms with Crippen molar-refractivity contribution >= 4 is 23.4 Å². The van der Waals surface area contributed by atoms with Crippen LogP contribution in [0.15, 0.2) is 59.5 Å². The van der Waals surface area contributed by atoms with Gasteiger partial charge in [-0.15, -0.1) is 0 Å². The summed E-state index contributed by atoms with van der Waals surface area (Å²) < 4.78 is 21.3. The predicted octanol–water partition coefficient (Wildman–Crippen LogP) is 4.07. The number of anilines is 3. The number of rotatable bonds is 8. The van der Waals surface area contributed by atoms with E-state index in [2.05, 4.69) is 20.3 Å². The van der Waals surface area contributed by atoms with Gasteiger partial charge in [0.2, 0.25) is 11.9 Å². The number of carbonyl (C=O) groups is 1. The fourth-order valence-corrected chi connectivity index (χ4v) is 3.69. The van der Waals surface area contributed by atoms with Crippen LogP contribution in [-0.2, 0) is 6.61 Å². The number of nitrogens with zero attached hydrogens (tertiary/aromatic N) is 5. The topological polar surface area (TPSA) is 149 Å². The number of nitrogen functional groups attached to an aromatic ring is 1. The summed E-state index contributed by atoms with van der Waals surface area (Å²) in [5, 5.41) is 12.5. The quantitative estimate of drug-likeness (QED) is 0.333. The first kappa shape index (κ1) is 26.0. The monoisotopic (exact) mass is 513 g/mol. The number of aryl methyl sites for hydroxylation is 1. The van der Waals surface area contributed by atoms with Crippen LogP contribution in [0.4, 0.5) is 22.0 Å². The number of hydrogen-bond acceptors (Lipinski definition) is 9. The summed E-state index contributed by atoms with van der Waals surface area (Å²) in [5.41, 5.74) is 6.85. The Morgan fingerprint density at radius 1 is 1.18 bits per heavy atom. The molecule has 0 radical (unpaired) electrons. The fourth-order valence-electron chi connectivity index (χ4n) is 3.69. The van der Waals surface area contributed by atoms with Gasteiger partial charge >= 0.3 is 0 Å². The molecule has 0 bridgehead atoms. The van der Waals surface area contributed by atoms with Gasteiger partial charge < -0.3 is 20.4 Å². The summed E-state index contributed by atoms with van der Waals surface area (Å²) in [6, 6.07) is 13.7. The maximum absolute atomic E-state index is 14.2. The summed E-state index contributed by atoms with van der Waals surface area (Å²) in [4.78, 5) is 38.3. The molecule has 0 aliphatic rings. The second-order valence-corrected chi connectivity index (χ2v) is 8.69. The molecule has 2 aromatic carbocycles. The van der Waals surface area contributed by atoms with Gasteiger partial charge in [-0.1, -0.05) is 18.2 Å². The number of ether oxygens (including phenoxy) is 1. The fraction of sp³-hybridized carbons (Fsp3) is 0.185. The van der Waals surface area contributed by atoms with Crippen LogP contribution in [0, 0.1) is 24.1 Å². The predicted molar refractivity (Wildman–Crippen MR) is 139 cm³/mol. The number of carbonyl (C=O) groups excluding carboxylic acids is 1. The third kappa shape index (κ3) is 5.65. The highest BCUT2D eigenvalue weighted by molar-refractivity contribution is 6.10. The maximum atomic E-state index is 14.2. The van der Waals surface area contributed by atoms with Crippen molar-refractivity contribution in [3.05, 3.63) is 99.0 Å². The van der Waals surface area contributed by atoms with E-state index in [0.717, 1.165) is 23.4 Å². The van der Waals surface area contributed by atoms with Crippen LogP contribution >= 0.6 is 0 Å². The minimum absolute atomic E-state index is 0.0370. The van der Waals surface area contributed by atoms with Crippen molar-refractivity contribution in [2.75, 3.05) is 11.1 Å². The first-order valence-electron chi connectivity index (χ1n) is 11.6. The number of para-hydroxylation sites is 1. The molecule has 192 valence electrons. The molecule has 0 fully saturated rings. The van der Waals surface area contributed by atoms with E-state index in [-0.39, 0.29) is 52.8 Å². The van der Waals surface area contributed by atoms with E-state index in [1.165, 1.54) is 22.9 Å². The Kier molecular flexibility index (Phi) is 7.43. The Hall–Kier alpha value is -5.11. The molecule has 0 saturated heterocycles. The minimum atomic E-state index is -0.660. The summed E-state index contributed by atoms with van der Waals surface area (Å²) in [6.45, 7) is 5.22. The van der Waals surface area contributed by atoms with Gasteiger partial charge in [0, 0.05) is 23.5 Å². The van der Waals surface area contributed by atoms with Crippen molar-refractivity contribution in [1.29, 1.82) is 5.26 Å². The lowest BCUT2D eigenvalue weighted by atomic mass is 10.0. The van der Waals surface area contributed by atoms with E-state index in [0.29, 0.717) is 0 Å². The SMILES string of the molecule is Cc1ccccc1Nc1nc(N)nc(COc2ccc(F)cc2C(=O)c2cc(C#N)c(=O)n(C(C)C)c2)n1. The number of halogens is 1. The Morgan fingerprint density at radius 2 is 1.95 bits per heavy atom. The van der Waals surface area contributed by atoms with E-state index >= 15 is 0 Å². The molecule has 38 heavy (non-hydrogen) atoms. The first-order chi connectivity index (χ1) is 18.2. The van der Waals surface area contributed by atoms with Crippen LogP contribution in [0.2, 0.25) is 0 Å². The standard InChI is InChI=1S/C27H24FN7O3/c1-15(2)35-13-18(10-17(12-29)25(35)37)24(36)20-11-19(28)8-9-22(20)38-14-23-32-26(30)34-27(33-23)31-21-7-5-4-6-16(21)3/h4-11,13,15H,14H2,1-3H3,(H3,30,31,32,33,34). The van der Waals surface area contributed by atoms with Crippen molar-refractivity contribution in [2.45, 2.75) is 33.4 Å². The highest BCUT2D eigenvalue weighted by Gasteiger charge is 2.20. The molecule has 0 aliphatic carbocycles. The van der Waals surface area contributed by atoms with Crippen LogP contribution in [0.25, 0.3) is 0 Å². The van der Waals surface area contributed by atoms with Gasteiger partial charge in [0.05, 0.1) is 5.56 Å². The number of benzene rings is 2. The molecule has 0 saturated carbocycles. The van der Waals surface area contributed by atoms with Gasteiger partial charge in [-0.2, -0.15) is 20.2 Å². The van der Waals surface area contributed by atoms with Gasteiger partial charge in [0.15, 0.2) is 11.6 Å². The summed E-state index contributed by atoms with van der Waals surface area (Å²) in [6.07, 6.45) is 1.35. The normalized spacial score (nSPS) is 10.7. The highest BCUT2D eigenvalue weighted by atomic mass is 19.1. The molecule has 10 nitrogen and oxygen atoms in total. The molecule has 3 N–H and O–H groups in total. The Labute approximate surface area is 217 Å². The molecule has 0 unspecified atom stereocenters. The van der Waals surface area contributed by atoms with Gasteiger partial charge in [-0.05, 0) is 56.7 Å². The molecule has 0 atom stereocenters. The third-order valence-electron chi connectivity index (χ3n) is 5.62. The Balaban J connectivity index is 1.63. The molecule has 2 heterocycles. The first-order valence-corrected chi connectivity index (χ1v) is 11.6. The maximum Gasteiger partial charge on any atom is 0.268 e. The van der Waals surface area contributed by atoms with Crippen LogP contribution in [0.3, 0.4) is 0 Å². The Bertz CT molecular complexity index is 1630. The molecule has 0 aliphatic heterocycles. The largest absolute Gasteiger partial charge is 0.485 e. The molecular formula is C27H24FN7O3. The van der Waals surface area contributed by atoms with E-state index < -0.39 is 17.2 Å². The van der Waals surface area contributed by atoms with Crippen molar-refractivity contribution in [3.63, 3.8) is 0 Å². The zero-order chi connectivity index (χ0) is 27.4. The minimum Gasteiger partial charge on any atom is -0.485 e. The number of hydrogen-bond donors (Lipinski definition) is 2. The van der Waals surface area contributed by atoms with E-state index in [1.54, 1.807) is 13.8 Å². The molecule has 11 heteroatoms. The van der Waals surface area contributed by atoms with Gasteiger partial charge in [0.1, 0.15) is 29.8 Å². The van der Waals surface area contributed by atoms with Crippen LogP contribution in [0.1, 0.15) is 52.8 Å². The lowest BCUT2D eigenvalue weighted by Gasteiger charge is -2.14. The average molecular weight is 514 g/mol. The molecule has 0 spiro atoms. The summed E-state index contributed by atoms with van der Waals surface area (Å²) in [7, 11) is 0. The average Bonchev–Trinajstić information content (AvgIpc) is 2.88. The molecule has 4 aromatic rings. The number of aromatic nitrogens is 4. The van der Waals surface area contributed by atoms with Gasteiger partial charge in [-0.25, -0.2) is 4.39 Å². The number of nitriles is 1. The van der Waals surface area contributed by atoms with Crippen LogP contribution in [-0.4, -0.2) is 25.3 Å². The van der Waals surface area contributed by atoms with Crippen molar-refractivity contribution in [2.24, 2.45) is 0 Å². The van der Waals surface area contributed by atoms with Crippen molar-refractivity contribution in [3.8, 4) is 11.8 Å². The second-order valence-electron chi connectivity index (χ2n) is 8.69. The van der Waals surface area contributed by atoms with Crippen LogP contribution < -0.4 is 21.3 Å². The molecule has 4 rings (SSSR count). The molecule has 0 amide bonds. The lowest BCUT2D eigenvalue weighted by molar-refractivity contribution is 0.103. The zero-order valence-corrected chi connectivity index (χ0v) is 20.9. The van der Waals surface area contributed by atoms with Crippen molar-refractivity contribution < 1.29 is 13.9 Å². The van der Waals surface area contributed by atoms with E-state index in [9.17, 15) is 19.2 Å². The van der Waals surface area contributed by atoms with E-state index in [4.69, 9.17) is 10.5 Å². The van der Waals surface area contributed by atoms with Gasteiger partial charge in [0.25, 0.3) is 5.56 Å². The number of nitrogens with one attached hydrogen (secondary N) is 1. The zero-order valence-electron chi connectivity index (χ0n) is 20.9. The van der Waals surface area contributed by atoms with Crippen molar-refractivity contribution in [1.82, 2.24) is 19.5 Å². The van der Waals surface area contributed by atoms with Gasteiger partial charge in [-0.3, -0.25) is 9.59 Å². The highest BCUT2D eigenvalue weighted by Crippen LogP contribution is 2.25. The smallest absolute Gasteiger partial charge is 0.268 e. The van der Waals surface area contributed by atoms with Crippen LogP contribution in [0.5, 0.6) is 5.75 Å².